The van der Waals surface area contributed by atoms with E-state index in [2.05, 4.69) is 15.4 Å². The second-order valence-corrected chi connectivity index (χ2v) is 5.31. The molecule has 0 spiro atoms. The van der Waals surface area contributed by atoms with Crippen molar-refractivity contribution in [3.8, 4) is 17.0 Å². The van der Waals surface area contributed by atoms with E-state index in [1.807, 2.05) is 43.4 Å². The lowest BCUT2D eigenvalue weighted by atomic mass is 10.1. The summed E-state index contributed by atoms with van der Waals surface area (Å²) in [4.78, 5) is 16.3. The van der Waals surface area contributed by atoms with Crippen molar-refractivity contribution in [2.75, 3.05) is 7.11 Å². The molecule has 1 aromatic carbocycles. The van der Waals surface area contributed by atoms with Crippen molar-refractivity contribution in [1.29, 1.82) is 0 Å². The number of aryl methyl sites for hydroxylation is 1. The number of carbonyl (C=O) groups is 1. The van der Waals surface area contributed by atoms with E-state index in [1.165, 1.54) is 0 Å². The molecule has 0 fully saturated rings. The molecule has 3 aromatic rings. The third-order valence-electron chi connectivity index (χ3n) is 3.68. The first-order chi connectivity index (χ1) is 11.7. The van der Waals surface area contributed by atoms with Gasteiger partial charge in [-0.3, -0.25) is 14.5 Å². The van der Waals surface area contributed by atoms with Crippen LogP contribution in [0.1, 0.15) is 16.1 Å². The SMILES string of the molecule is COc1cccc(-c2cc(C(=O)NCc3ccncc3)nn2C)c1. The van der Waals surface area contributed by atoms with E-state index in [-0.39, 0.29) is 5.91 Å². The Balaban J connectivity index is 1.76. The first-order valence-corrected chi connectivity index (χ1v) is 7.53. The summed E-state index contributed by atoms with van der Waals surface area (Å²) < 4.78 is 6.93. The molecule has 6 nitrogen and oxygen atoms in total. The van der Waals surface area contributed by atoms with Gasteiger partial charge in [-0.2, -0.15) is 5.10 Å². The minimum absolute atomic E-state index is 0.212. The van der Waals surface area contributed by atoms with E-state index in [1.54, 1.807) is 30.3 Å². The predicted octanol–water partition coefficient (Wildman–Crippen LogP) is 2.42. The highest BCUT2D eigenvalue weighted by Crippen LogP contribution is 2.24. The Morgan fingerprint density at radius 3 is 2.75 bits per heavy atom. The van der Waals surface area contributed by atoms with Crippen LogP contribution in [-0.2, 0) is 13.6 Å². The van der Waals surface area contributed by atoms with Gasteiger partial charge in [-0.25, -0.2) is 0 Å². The molecule has 0 radical (unpaired) electrons. The zero-order valence-electron chi connectivity index (χ0n) is 13.6. The van der Waals surface area contributed by atoms with Crippen molar-refractivity contribution in [3.05, 3.63) is 66.1 Å². The van der Waals surface area contributed by atoms with Crippen LogP contribution in [0.3, 0.4) is 0 Å². The van der Waals surface area contributed by atoms with E-state index < -0.39 is 0 Å². The third-order valence-corrected chi connectivity index (χ3v) is 3.68. The number of nitrogens with zero attached hydrogens (tertiary/aromatic N) is 3. The van der Waals surface area contributed by atoms with Gasteiger partial charge in [0.1, 0.15) is 5.75 Å². The van der Waals surface area contributed by atoms with Gasteiger partial charge in [0, 0.05) is 31.5 Å². The lowest BCUT2D eigenvalue weighted by molar-refractivity contribution is 0.0945. The second kappa shape index (κ2) is 6.95. The molecule has 0 bridgehead atoms. The van der Waals surface area contributed by atoms with Crippen LogP contribution in [0.25, 0.3) is 11.3 Å². The van der Waals surface area contributed by atoms with Crippen LogP contribution >= 0.6 is 0 Å². The molecule has 0 saturated heterocycles. The molecule has 0 unspecified atom stereocenters. The van der Waals surface area contributed by atoms with Gasteiger partial charge >= 0.3 is 0 Å². The Morgan fingerprint density at radius 1 is 1.21 bits per heavy atom. The highest BCUT2D eigenvalue weighted by molar-refractivity contribution is 5.93. The van der Waals surface area contributed by atoms with Crippen LogP contribution in [0.2, 0.25) is 0 Å². The number of ether oxygens (including phenoxy) is 1. The molecule has 2 heterocycles. The van der Waals surface area contributed by atoms with Gasteiger partial charge in [-0.15, -0.1) is 0 Å². The third kappa shape index (κ3) is 3.43. The van der Waals surface area contributed by atoms with Crippen molar-refractivity contribution in [3.63, 3.8) is 0 Å². The molecule has 3 rings (SSSR count). The van der Waals surface area contributed by atoms with Crippen molar-refractivity contribution < 1.29 is 9.53 Å². The van der Waals surface area contributed by atoms with E-state index in [0.717, 1.165) is 22.6 Å². The number of carbonyl (C=O) groups excluding carboxylic acids is 1. The first-order valence-electron chi connectivity index (χ1n) is 7.53. The van der Waals surface area contributed by atoms with Crippen LogP contribution in [0, 0.1) is 0 Å². The maximum absolute atomic E-state index is 12.3. The van der Waals surface area contributed by atoms with E-state index in [4.69, 9.17) is 4.74 Å². The Kier molecular flexibility index (Phi) is 4.56. The van der Waals surface area contributed by atoms with Gasteiger partial charge in [0.25, 0.3) is 5.91 Å². The van der Waals surface area contributed by atoms with Gasteiger partial charge in [-0.05, 0) is 35.9 Å². The highest BCUT2D eigenvalue weighted by Gasteiger charge is 2.14. The van der Waals surface area contributed by atoms with Crippen LogP contribution in [0.4, 0.5) is 0 Å². The number of hydrogen-bond donors (Lipinski definition) is 1. The summed E-state index contributed by atoms with van der Waals surface area (Å²) in [7, 11) is 3.44. The lowest BCUT2D eigenvalue weighted by Gasteiger charge is -2.04. The molecule has 0 aliphatic heterocycles. The minimum Gasteiger partial charge on any atom is -0.497 e. The van der Waals surface area contributed by atoms with Crippen molar-refractivity contribution in [1.82, 2.24) is 20.1 Å². The summed E-state index contributed by atoms with van der Waals surface area (Å²) in [5.74, 6) is 0.550. The summed E-state index contributed by atoms with van der Waals surface area (Å²) in [5.41, 5.74) is 3.16. The Hall–Kier alpha value is -3.15. The van der Waals surface area contributed by atoms with E-state index >= 15 is 0 Å². The van der Waals surface area contributed by atoms with Gasteiger partial charge < -0.3 is 10.1 Å². The molecule has 1 amide bonds. The van der Waals surface area contributed by atoms with E-state index in [9.17, 15) is 4.79 Å². The highest BCUT2D eigenvalue weighted by atomic mass is 16.5. The van der Waals surface area contributed by atoms with Crippen molar-refractivity contribution >= 4 is 5.91 Å². The number of nitrogens with one attached hydrogen (secondary N) is 1. The molecule has 122 valence electrons. The summed E-state index contributed by atoms with van der Waals surface area (Å²) in [5, 5.41) is 7.17. The number of hydrogen-bond acceptors (Lipinski definition) is 4. The zero-order valence-corrected chi connectivity index (χ0v) is 13.6. The van der Waals surface area contributed by atoms with E-state index in [0.29, 0.717) is 12.2 Å². The first kappa shape index (κ1) is 15.7. The second-order valence-electron chi connectivity index (χ2n) is 5.31. The number of benzene rings is 1. The smallest absolute Gasteiger partial charge is 0.272 e. The fraction of sp³-hybridized carbons (Fsp3) is 0.167. The molecule has 1 N–H and O–H groups in total. The number of pyridine rings is 1. The van der Waals surface area contributed by atoms with Gasteiger partial charge in [-0.1, -0.05) is 12.1 Å². The van der Waals surface area contributed by atoms with Crippen LogP contribution in [0.5, 0.6) is 5.75 Å². The molecule has 6 heteroatoms. The number of methoxy groups -OCH3 is 1. The standard InChI is InChI=1S/C18H18N4O2/c1-22-17(14-4-3-5-15(10-14)24-2)11-16(21-22)18(23)20-12-13-6-8-19-9-7-13/h3-11H,12H2,1-2H3,(H,20,23). The number of aromatic nitrogens is 3. The fourth-order valence-electron chi connectivity index (χ4n) is 2.40. The minimum atomic E-state index is -0.212. The quantitative estimate of drug-likeness (QED) is 0.783. The topological polar surface area (TPSA) is 69.0 Å². The average molecular weight is 322 g/mol. The zero-order chi connectivity index (χ0) is 16.9. The van der Waals surface area contributed by atoms with Gasteiger partial charge in [0.2, 0.25) is 0 Å². The number of rotatable bonds is 5. The molecular weight excluding hydrogens is 304 g/mol. The lowest BCUT2D eigenvalue weighted by Crippen LogP contribution is -2.23. The molecule has 24 heavy (non-hydrogen) atoms. The fourth-order valence-corrected chi connectivity index (χ4v) is 2.40. The maximum atomic E-state index is 12.3. The Morgan fingerprint density at radius 2 is 2.00 bits per heavy atom. The van der Waals surface area contributed by atoms with Crippen molar-refractivity contribution in [2.24, 2.45) is 7.05 Å². The average Bonchev–Trinajstić information content (AvgIpc) is 3.02. The monoisotopic (exact) mass is 322 g/mol. The van der Waals surface area contributed by atoms with Crippen LogP contribution in [-0.4, -0.2) is 27.8 Å². The van der Waals surface area contributed by atoms with Crippen LogP contribution in [0.15, 0.2) is 54.9 Å². The Bertz CT molecular complexity index is 843. The largest absolute Gasteiger partial charge is 0.497 e. The summed E-state index contributed by atoms with van der Waals surface area (Å²) in [6.07, 6.45) is 3.40. The number of amides is 1. The predicted molar refractivity (Wildman–Crippen MR) is 90.6 cm³/mol. The molecule has 0 saturated carbocycles. The molecule has 0 aliphatic rings. The molecular formula is C18H18N4O2. The van der Waals surface area contributed by atoms with Gasteiger partial charge in [0.15, 0.2) is 5.69 Å². The van der Waals surface area contributed by atoms with Gasteiger partial charge in [0.05, 0.1) is 12.8 Å². The van der Waals surface area contributed by atoms with Crippen LogP contribution < -0.4 is 10.1 Å². The maximum Gasteiger partial charge on any atom is 0.272 e. The molecule has 0 atom stereocenters. The molecule has 2 aromatic heterocycles. The summed E-state index contributed by atoms with van der Waals surface area (Å²) in [6, 6.07) is 13.2. The summed E-state index contributed by atoms with van der Waals surface area (Å²) in [6.45, 7) is 0.437. The molecule has 0 aliphatic carbocycles. The Labute approximate surface area is 140 Å². The normalized spacial score (nSPS) is 10.4. The van der Waals surface area contributed by atoms with Crippen molar-refractivity contribution in [2.45, 2.75) is 6.54 Å². The summed E-state index contributed by atoms with van der Waals surface area (Å²) >= 11 is 0.